The van der Waals surface area contributed by atoms with Crippen LogP contribution in [0.3, 0.4) is 0 Å². The summed E-state index contributed by atoms with van der Waals surface area (Å²) in [7, 11) is -3.82. The van der Waals surface area contributed by atoms with Gasteiger partial charge in [0.05, 0.1) is 4.90 Å². The fourth-order valence-electron chi connectivity index (χ4n) is 4.46. The summed E-state index contributed by atoms with van der Waals surface area (Å²) in [5.41, 5.74) is 5.06. The third kappa shape index (κ3) is 5.51. The van der Waals surface area contributed by atoms with Crippen molar-refractivity contribution >= 4 is 32.9 Å². The highest BCUT2D eigenvalue weighted by molar-refractivity contribution is 7.89. The Morgan fingerprint density at radius 3 is 2.34 bits per heavy atom. The second-order valence-electron chi connectivity index (χ2n) is 10.3. The fourth-order valence-corrected chi connectivity index (χ4v) is 5.02. The van der Waals surface area contributed by atoms with Gasteiger partial charge in [-0.05, 0) is 62.2 Å². The molecule has 1 aliphatic heterocycles. The van der Waals surface area contributed by atoms with E-state index in [1.165, 1.54) is 12.1 Å². The van der Waals surface area contributed by atoms with Crippen molar-refractivity contribution in [2.24, 2.45) is 5.14 Å². The van der Waals surface area contributed by atoms with Crippen molar-refractivity contribution in [3.63, 3.8) is 0 Å². The number of pyridine rings is 1. The normalized spacial score (nSPS) is 14.6. The topological polar surface area (TPSA) is 119 Å². The Labute approximate surface area is 221 Å². The SMILES string of the molecule is CC(C)(C)OC(=O)N1CCN(c2ccc(-c3cnc4c(-c5cccc(S(N)(=O)=O)c5)coc4c3)cc2)CC1. The number of piperazine rings is 1. The van der Waals surface area contributed by atoms with Gasteiger partial charge < -0.3 is 19.0 Å². The number of carbonyl (C=O) groups excluding carboxylic acids is 1. The van der Waals surface area contributed by atoms with Crippen LogP contribution in [-0.2, 0) is 14.8 Å². The Balaban J connectivity index is 1.30. The van der Waals surface area contributed by atoms with E-state index < -0.39 is 15.6 Å². The molecule has 198 valence electrons. The molecule has 9 nitrogen and oxygen atoms in total. The number of nitrogens with two attached hydrogens (primary N) is 1. The zero-order chi connectivity index (χ0) is 27.1. The minimum Gasteiger partial charge on any atom is -0.462 e. The van der Waals surface area contributed by atoms with E-state index in [0.717, 1.165) is 29.9 Å². The average molecular weight is 535 g/mol. The Morgan fingerprint density at radius 1 is 0.974 bits per heavy atom. The van der Waals surface area contributed by atoms with Gasteiger partial charge >= 0.3 is 6.09 Å². The van der Waals surface area contributed by atoms with Crippen LogP contribution in [0.5, 0.6) is 0 Å². The van der Waals surface area contributed by atoms with Crippen LogP contribution in [0.2, 0.25) is 0 Å². The smallest absolute Gasteiger partial charge is 0.410 e. The Hall–Kier alpha value is -3.89. The standard InChI is InChI=1S/C28H30N4O5S/c1-28(2,3)37-27(33)32-13-11-31(12-14-32)22-9-7-19(8-10-22)21-16-25-26(30-17-21)24(18-36-25)20-5-4-6-23(15-20)38(29,34)35/h4-10,15-18H,11-14H2,1-3H3,(H2,29,34,35). The third-order valence-electron chi connectivity index (χ3n) is 6.38. The molecular weight excluding hydrogens is 504 g/mol. The lowest BCUT2D eigenvalue weighted by atomic mass is 10.0. The largest absolute Gasteiger partial charge is 0.462 e. The summed E-state index contributed by atoms with van der Waals surface area (Å²) in [5, 5.41) is 5.28. The molecule has 2 aromatic heterocycles. The Bertz CT molecular complexity index is 1580. The summed E-state index contributed by atoms with van der Waals surface area (Å²) in [5.74, 6) is 0. The molecule has 1 fully saturated rings. The lowest BCUT2D eigenvalue weighted by Crippen LogP contribution is -2.50. The molecule has 0 spiro atoms. The number of primary sulfonamides is 1. The molecular formula is C28H30N4O5S. The molecule has 0 atom stereocenters. The first kappa shape index (κ1) is 25.7. The highest BCUT2D eigenvalue weighted by atomic mass is 32.2. The summed E-state index contributed by atoms with van der Waals surface area (Å²) < 4.78 is 34.8. The van der Waals surface area contributed by atoms with E-state index in [9.17, 15) is 13.2 Å². The van der Waals surface area contributed by atoms with Gasteiger partial charge in [-0.15, -0.1) is 0 Å². The molecule has 1 aliphatic rings. The maximum Gasteiger partial charge on any atom is 0.410 e. The van der Waals surface area contributed by atoms with Crippen LogP contribution in [0.15, 0.2) is 76.4 Å². The van der Waals surface area contributed by atoms with Gasteiger partial charge in [0.2, 0.25) is 10.0 Å². The number of furan rings is 1. The second-order valence-corrected chi connectivity index (χ2v) is 11.9. The number of nitrogens with zero attached hydrogens (tertiary/aromatic N) is 3. The highest BCUT2D eigenvalue weighted by Crippen LogP contribution is 2.33. The number of sulfonamides is 1. The van der Waals surface area contributed by atoms with Crippen LogP contribution in [0.1, 0.15) is 20.8 Å². The molecule has 1 amide bonds. The molecule has 3 heterocycles. The van der Waals surface area contributed by atoms with Crippen molar-refractivity contribution < 1.29 is 22.4 Å². The number of hydrogen-bond acceptors (Lipinski definition) is 7. The number of ether oxygens (including phenoxy) is 1. The number of rotatable bonds is 4. The Kier molecular flexibility index (Phi) is 6.62. The van der Waals surface area contributed by atoms with Gasteiger partial charge in [-0.25, -0.2) is 18.4 Å². The van der Waals surface area contributed by atoms with E-state index in [2.05, 4.69) is 22.0 Å². The predicted molar refractivity (Wildman–Crippen MR) is 146 cm³/mol. The molecule has 38 heavy (non-hydrogen) atoms. The van der Waals surface area contributed by atoms with Gasteiger partial charge in [0.1, 0.15) is 17.4 Å². The maximum absolute atomic E-state index is 12.3. The zero-order valence-corrected chi connectivity index (χ0v) is 22.4. The Morgan fingerprint density at radius 2 is 1.68 bits per heavy atom. The van der Waals surface area contributed by atoms with E-state index in [1.54, 1.807) is 29.5 Å². The summed E-state index contributed by atoms with van der Waals surface area (Å²) >= 11 is 0. The molecule has 2 N–H and O–H groups in total. The van der Waals surface area contributed by atoms with Gasteiger partial charge in [0, 0.05) is 49.2 Å². The average Bonchev–Trinajstić information content (AvgIpc) is 3.31. The lowest BCUT2D eigenvalue weighted by Gasteiger charge is -2.36. The first-order chi connectivity index (χ1) is 18.0. The number of anilines is 1. The first-order valence-electron chi connectivity index (χ1n) is 12.3. The highest BCUT2D eigenvalue weighted by Gasteiger charge is 2.26. The predicted octanol–water partition coefficient (Wildman–Crippen LogP) is 4.87. The molecule has 0 bridgehead atoms. The molecule has 0 radical (unpaired) electrons. The van der Waals surface area contributed by atoms with Crippen molar-refractivity contribution in [3.8, 4) is 22.3 Å². The quantitative estimate of drug-likeness (QED) is 0.397. The summed E-state index contributed by atoms with van der Waals surface area (Å²) in [6.07, 6.45) is 3.08. The van der Waals surface area contributed by atoms with Crippen LogP contribution >= 0.6 is 0 Å². The lowest BCUT2D eigenvalue weighted by molar-refractivity contribution is 0.0240. The third-order valence-corrected chi connectivity index (χ3v) is 7.29. The number of benzene rings is 2. The van der Waals surface area contributed by atoms with E-state index in [1.807, 2.05) is 39.0 Å². The van der Waals surface area contributed by atoms with Gasteiger partial charge in [-0.2, -0.15) is 0 Å². The van der Waals surface area contributed by atoms with Crippen molar-refractivity contribution in [2.45, 2.75) is 31.3 Å². The van der Waals surface area contributed by atoms with Gasteiger partial charge in [0.25, 0.3) is 0 Å². The van der Waals surface area contributed by atoms with Crippen molar-refractivity contribution in [3.05, 3.63) is 67.1 Å². The molecule has 5 rings (SSSR count). The van der Waals surface area contributed by atoms with E-state index in [4.69, 9.17) is 14.3 Å². The molecule has 0 aliphatic carbocycles. The van der Waals surface area contributed by atoms with Crippen LogP contribution in [-0.4, -0.2) is 56.2 Å². The molecule has 0 saturated carbocycles. The van der Waals surface area contributed by atoms with Crippen LogP contribution in [0.25, 0.3) is 33.4 Å². The number of amides is 1. The van der Waals surface area contributed by atoms with Crippen LogP contribution < -0.4 is 10.0 Å². The minimum atomic E-state index is -3.82. The monoisotopic (exact) mass is 534 g/mol. The van der Waals surface area contributed by atoms with Gasteiger partial charge in [0.15, 0.2) is 5.58 Å². The van der Waals surface area contributed by atoms with Crippen molar-refractivity contribution in [2.75, 3.05) is 31.1 Å². The molecule has 2 aromatic carbocycles. The molecule has 10 heteroatoms. The summed E-state index contributed by atoms with van der Waals surface area (Å²) in [4.78, 5) is 21.0. The number of aromatic nitrogens is 1. The van der Waals surface area contributed by atoms with Crippen molar-refractivity contribution in [1.82, 2.24) is 9.88 Å². The van der Waals surface area contributed by atoms with Crippen LogP contribution in [0.4, 0.5) is 10.5 Å². The van der Waals surface area contributed by atoms with Gasteiger partial charge in [-0.3, -0.25) is 4.98 Å². The van der Waals surface area contributed by atoms with E-state index in [-0.39, 0.29) is 11.0 Å². The van der Waals surface area contributed by atoms with Crippen LogP contribution in [0, 0.1) is 0 Å². The summed E-state index contributed by atoms with van der Waals surface area (Å²) in [6, 6.07) is 16.5. The second kappa shape index (κ2) is 9.77. The van der Waals surface area contributed by atoms with E-state index >= 15 is 0 Å². The minimum absolute atomic E-state index is 0.0345. The summed E-state index contributed by atoms with van der Waals surface area (Å²) in [6.45, 7) is 8.29. The number of hydrogen-bond donors (Lipinski definition) is 1. The maximum atomic E-state index is 12.3. The fraction of sp³-hybridized carbons (Fsp3) is 0.286. The molecule has 1 saturated heterocycles. The van der Waals surface area contributed by atoms with E-state index in [0.29, 0.717) is 35.3 Å². The number of fused-ring (bicyclic) bond motifs is 1. The molecule has 4 aromatic rings. The van der Waals surface area contributed by atoms with Crippen molar-refractivity contribution in [1.29, 1.82) is 0 Å². The first-order valence-corrected chi connectivity index (χ1v) is 13.9. The van der Waals surface area contributed by atoms with Gasteiger partial charge in [-0.1, -0.05) is 24.3 Å². The number of carbonyl (C=O) groups is 1. The zero-order valence-electron chi connectivity index (χ0n) is 21.5. The molecule has 0 unspecified atom stereocenters.